The van der Waals surface area contributed by atoms with E-state index >= 15 is 0 Å². The van der Waals surface area contributed by atoms with E-state index in [0.717, 1.165) is 71.2 Å². The molecule has 226 valence electrons. The van der Waals surface area contributed by atoms with Gasteiger partial charge in [-0.2, -0.15) is 0 Å². The van der Waals surface area contributed by atoms with Crippen LogP contribution in [0.1, 0.15) is 39.8 Å². The van der Waals surface area contributed by atoms with E-state index in [1.165, 1.54) is 0 Å². The number of hydrogen-bond donors (Lipinski definition) is 0. The first-order valence-electron chi connectivity index (χ1n) is 14.9. The van der Waals surface area contributed by atoms with Gasteiger partial charge in [-0.15, -0.1) is 0 Å². The predicted octanol–water partition coefficient (Wildman–Crippen LogP) is 5.34. The third-order valence-corrected chi connectivity index (χ3v) is 8.24. The zero-order chi connectivity index (χ0) is 30.3. The molecule has 3 atom stereocenters. The number of anilines is 2. The van der Waals surface area contributed by atoms with E-state index in [1.54, 1.807) is 14.2 Å². The van der Waals surface area contributed by atoms with Crippen molar-refractivity contribution < 1.29 is 19.0 Å². The Morgan fingerprint density at radius 3 is 2.40 bits per heavy atom. The Bertz CT molecular complexity index is 1560. The number of methoxy groups -OCH3 is 2. The highest BCUT2D eigenvalue weighted by atomic mass is 16.6. The molecule has 10 nitrogen and oxygen atoms in total. The van der Waals surface area contributed by atoms with Crippen LogP contribution in [0.25, 0.3) is 16.6 Å². The largest absolute Gasteiger partial charge is 0.497 e. The lowest BCUT2D eigenvalue weighted by molar-refractivity contribution is 0.0132. The summed E-state index contributed by atoms with van der Waals surface area (Å²) in [6.45, 7) is 10.9. The minimum atomic E-state index is -0.498. The third-order valence-electron chi connectivity index (χ3n) is 8.24. The van der Waals surface area contributed by atoms with Gasteiger partial charge in [0, 0.05) is 79.6 Å². The first-order chi connectivity index (χ1) is 20.6. The molecule has 2 aromatic carbocycles. The van der Waals surface area contributed by atoms with Crippen molar-refractivity contribution in [2.24, 2.45) is 4.99 Å². The molecule has 0 saturated carbocycles. The molecule has 3 aromatic rings. The molecule has 1 unspecified atom stereocenters. The molecule has 10 heteroatoms. The van der Waals surface area contributed by atoms with Gasteiger partial charge in [0.1, 0.15) is 17.1 Å². The number of amides is 1. The second-order valence-electron chi connectivity index (χ2n) is 12.5. The van der Waals surface area contributed by atoms with Crippen molar-refractivity contribution in [1.29, 1.82) is 0 Å². The Morgan fingerprint density at radius 2 is 1.77 bits per heavy atom. The summed E-state index contributed by atoms with van der Waals surface area (Å²) in [6.07, 6.45) is 6.54. The second kappa shape index (κ2) is 11.5. The number of allylic oxidation sites excluding steroid dienone is 1. The van der Waals surface area contributed by atoms with Gasteiger partial charge in [-0.25, -0.2) is 9.78 Å². The van der Waals surface area contributed by atoms with Crippen molar-refractivity contribution in [1.82, 2.24) is 19.8 Å². The van der Waals surface area contributed by atoms with E-state index in [1.807, 2.05) is 62.3 Å². The van der Waals surface area contributed by atoms with Crippen LogP contribution in [-0.4, -0.2) is 96.2 Å². The molecule has 4 heterocycles. The molecular formula is C33H40N6O4. The highest BCUT2D eigenvalue weighted by Gasteiger charge is 2.46. The quantitative estimate of drug-likeness (QED) is 0.351. The number of likely N-dealkylation sites (tertiary alicyclic amines) is 2. The van der Waals surface area contributed by atoms with Crippen LogP contribution in [0.3, 0.4) is 0 Å². The molecular weight excluding hydrogens is 544 g/mol. The first kappa shape index (κ1) is 28.9. The molecule has 1 amide bonds. The highest BCUT2D eigenvalue weighted by Crippen LogP contribution is 2.36. The SMILES string of the molecule is COc1cc(OC)cc(N(CCN2C[C@@H]3C[C@H]2CN3C(=O)OC(C)(C)C)c2ccc3ncc(C4=CC(C)N=C4)nc3c2)c1. The molecule has 2 saturated heterocycles. The van der Waals surface area contributed by atoms with Gasteiger partial charge in [-0.05, 0) is 58.4 Å². The fourth-order valence-electron chi connectivity index (χ4n) is 6.15. The monoisotopic (exact) mass is 584 g/mol. The number of ether oxygens (including phenoxy) is 3. The minimum absolute atomic E-state index is 0.148. The van der Waals surface area contributed by atoms with Crippen molar-refractivity contribution in [2.45, 2.75) is 57.8 Å². The van der Waals surface area contributed by atoms with Crippen molar-refractivity contribution in [3.8, 4) is 11.5 Å². The topological polar surface area (TPSA) is 92.6 Å². The third kappa shape index (κ3) is 6.15. The number of aromatic nitrogens is 2. The van der Waals surface area contributed by atoms with Crippen LogP contribution >= 0.6 is 0 Å². The van der Waals surface area contributed by atoms with Crippen LogP contribution < -0.4 is 14.4 Å². The van der Waals surface area contributed by atoms with Gasteiger partial charge in [0.2, 0.25) is 0 Å². The van der Waals surface area contributed by atoms with Gasteiger partial charge in [0.15, 0.2) is 0 Å². The minimum Gasteiger partial charge on any atom is -0.497 e. The standard InChI is InChI=1S/C33H40N6O4/c1-21-11-22(17-34-21)31-18-35-29-8-7-23(15-30(29)36-31)38(24-13-27(41-5)16-28(14-24)42-6)10-9-37-19-26-12-25(37)20-39(26)32(40)43-33(2,3)4/h7-8,11,13-18,21,25-26H,9-10,12,19-20H2,1-6H3/t21?,25-,26-/m0/s1. The van der Waals surface area contributed by atoms with Crippen molar-refractivity contribution in [2.75, 3.05) is 45.3 Å². The van der Waals surface area contributed by atoms with E-state index in [2.05, 4.69) is 44.9 Å². The maximum Gasteiger partial charge on any atom is 0.410 e. The van der Waals surface area contributed by atoms with Crippen LogP contribution in [0.5, 0.6) is 11.5 Å². The molecule has 3 aliphatic heterocycles. The van der Waals surface area contributed by atoms with Crippen molar-refractivity contribution >= 4 is 40.3 Å². The van der Waals surface area contributed by atoms with Crippen LogP contribution in [0.15, 0.2) is 53.7 Å². The summed E-state index contributed by atoms with van der Waals surface area (Å²) in [7, 11) is 3.32. The van der Waals surface area contributed by atoms with Crippen LogP contribution in [-0.2, 0) is 4.74 Å². The fourth-order valence-corrected chi connectivity index (χ4v) is 6.15. The van der Waals surface area contributed by atoms with E-state index in [-0.39, 0.29) is 18.2 Å². The number of benzene rings is 2. The van der Waals surface area contributed by atoms with Crippen LogP contribution in [0, 0.1) is 0 Å². The molecule has 0 N–H and O–H groups in total. The Labute approximate surface area is 253 Å². The summed E-state index contributed by atoms with van der Waals surface area (Å²) in [5.41, 5.74) is 4.91. The van der Waals surface area contributed by atoms with Crippen molar-refractivity contribution in [3.05, 3.63) is 54.4 Å². The van der Waals surface area contributed by atoms with Crippen LogP contribution in [0.2, 0.25) is 0 Å². The Hall–Kier alpha value is -4.18. The molecule has 2 fully saturated rings. The number of carbonyl (C=O) groups is 1. The summed E-state index contributed by atoms with van der Waals surface area (Å²) in [6, 6.07) is 12.8. The number of fused-ring (bicyclic) bond motifs is 3. The van der Waals surface area contributed by atoms with Gasteiger partial charge >= 0.3 is 6.09 Å². The Kier molecular flexibility index (Phi) is 7.72. The lowest BCUT2D eigenvalue weighted by Gasteiger charge is -2.36. The summed E-state index contributed by atoms with van der Waals surface area (Å²) < 4.78 is 16.9. The second-order valence-corrected chi connectivity index (χ2v) is 12.5. The van der Waals surface area contributed by atoms with E-state index < -0.39 is 5.60 Å². The number of aliphatic imine (C=N–C) groups is 1. The van der Waals surface area contributed by atoms with E-state index in [0.29, 0.717) is 12.6 Å². The van der Waals surface area contributed by atoms with Gasteiger partial charge in [-0.1, -0.05) is 0 Å². The molecule has 1 aromatic heterocycles. The average molecular weight is 585 g/mol. The number of piperazine rings is 1. The van der Waals surface area contributed by atoms with Crippen LogP contribution in [0.4, 0.5) is 16.2 Å². The number of nitrogens with zero attached hydrogens (tertiary/aromatic N) is 6. The molecule has 0 radical (unpaired) electrons. The smallest absolute Gasteiger partial charge is 0.410 e. The molecule has 43 heavy (non-hydrogen) atoms. The molecule has 6 rings (SSSR count). The highest BCUT2D eigenvalue weighted by molar-refractivity contribution is 6.11. The Morgan fingerprint density at radius 1 is 1.00 bits per heavy atom. The molecule has 0 aliphatic carbocycles. The van der Waals surface area contributed by atoms with Gasteiger partial charge < -0.3 is 24.0 Å². The Balaban J connectivity index is 1.27. The lowest BCUT2D eigenvalue weighted by Crippen LogP contribution is -2.51. The zero-order valence-electron chi connectivity index (χ0n) is 25.8. The summed E-state index contributed by atoms with van der Waals surface area (Å²) >= 11 is 0. The first-order valence-corrected chi connectivity index (χ1v) is 14.9. The van der Waals surface area contributed by atoms with Gasteiger partial charge in [0.05, 0.1) is 43.2 Å². The summed E-state index contributed by atoms with van der Waals surface area (Å²) in [5, 5.41) is 0. The number of carbonyl (C=O) groups excluding carboxylic acids is 1. The van der Waals surface area contributed by atoms with E-state index in [9.17, 15) is 4.79 Å². The lowest BCUT2D eigenvalue weighted by atomic mass is 10.1. The van der Waals surface area contributed by atoms with E-state index in [4.69, 9.17) is 19.2 Å². The number of rotatable bonds is 8. The zero-order valence-corrected chi connectivity index (χ0v) is 25.8. The van der Waals surface area contributed by atoms with Gasteiger partial charge in [-0.3, -0.25) is 14.9 Å². The summed E-state index contributed by atoms with van der Waals surface area (Å²) in [5.74, 6) is 1.44. The van der Waals surface area contributed by atoms with Crippen molar-refractivity contribution in [3.63, 3.8) is 0 Å². The molecule has 2 bridgehead atoms. The maximum absolute atomic E-state index is 12.8. The number of hydrogen-bond acceptors (Lipinski definition) is 9. The normalized spacial score (nSPS) is 21.4. The van der Waals surface area contributed by atoms with Gasteiger partial charge in [0.25, 0.3) is 0 Å². The fraction of sp³-hybridized carbons (Fsp3) is 0.455. The summed E-state index contributed by atoms with van der Waals surface area (Å²) in [4.78, 5) is 33.5. The predicted molar refractivity (Wildman–Crippen MR) is 169 cm³/mol. The maximum atomic E-state index is 12.8. The molecule has 3 aliphatic rings. The molecule has 0 spiro atoms. The average Bonchev–Trinajstić information content (AvgIpc) is 3.72.